The van der Waals surface area contributed by atoms with Gasteiger partial charge in [-0.1, -0.05) is 6.07 Å². The summed E-state index contributed by atoms with van der Waals surface area (Å²) in [7, 11) is 3.09. The summed E-state index contributed by atoms with van der Waals surface area (Å²) in [6.45, 7) is 1.82. The number of methoxy groups -OCH3 is 2. The Morgan fingerprint density at radius 3 is 2.47 bits per heavy atom. The Balaban J connectivity index is 3.16. The first-order valence-electron chi connectivity index (χ1n) is 4.52. The van der Waals surface area contributed by atoms with Crippen molar-refractivity contribution < 1.29 is 19.4 Å². The lowest BCUT2D eigenvalue weighted by Gasteiger charge is -2.13. The van der Waals surface area contributed by atoms with Gasteiger partial charge in [0.25, 0.3) is 0 Å². The molecule has 0 amide bonds. The molecule has 1 aromatic rings. The largest absolute Gasteiger partial charge is 0.493 e. The van der Waals surface area contributed by atoms with Gasteiger partial charge in [0.2, 0.25) is 0 Å². The fourth-order valence-electron chi connectivity index (χ4n) is 1.48. The molecule has 0 atom stereocenters. The number of carboxylic acids is 1. The maximum absolute atomic E-state index is 10.6. The molecule has 1 aromatic carbocycles. The van der Waals surface area contributed by atoms with Crippen molar-refractivity contribution >= 4 is 5.97 Å². The Kier molecular flexibility index (Phi) is 3.55. The first-order chi connectivity index (χ1) is 7.10. The topological polar surface area (TPSA) is 55.8 Å². The Labute approximate surface area is 88.4 Å². The summed E-state index contributed by atoms with van der Waals surface area (Å²) in [5, 5.41) is 8.71. The molecule has 0 aliphatic rings. The normalized spacial score (nSPS) is 9.80. The quantitative estimate of drug-likeness (QED) is 0.820. The van der Waals surface area contributed by atoms with E-state index < -0.39 is 5.97 Å². The summed E-state index contributed by atoms with van der Waals surface area (Å²) < 4.78 is 10.3. The van der Waals surface area contributed by atoms with Crippen molar-refractivity contribution in [3.05, 3.63) is 23.3 Å². The number of rotatable bonds is 4. The zero-order valence-corrected chi connectivity index (χ0v) is 9.03. The maximum atomic E-state index is 10.6. The third-order valence-electron chi connectivity index (χ3n) is 2.25. The molecular weight excluding hydrogens is 196 g/mol. The number of hydrogen-bond acceptors (Lipinski definition) is 3. The molecule has 0 aliphatic carbocycles. The van der Waals surface area contributed by atoms with Crippen molar-refractivity contribution in [2.75, 3.05) is 14.2 Å². The second-order valence-corrected chi connectivity index (χ2v) is 3.16. The van der Waals surface area contributed by atoms with Gasteiger partial charge in [-0.2, -0.15) is 0 Å². The number of hydrogen-bond donors (Lipinski definition) is 1. The molecule has 15 heavy (non-hydrogen) atoms. The van der Waals surface area contributed by atoms with Crippen molar-refractivity contribution in [2.24, 2.45) is 0 Å². The maximum Gasteiger partial charge on any atom is 0.307 e. The lowest BCUT2D eigenvalue weighted by Crippen LogP contribution is -2.04. The summed E-state index contributed by atoms with van der Waals surface area (Å²) in [4.78, 5) is 10.6. The molecule has 0 fully saturated rings. The minimum Gasteiger partial charge on any atom is -0.493 e. The average Bonchev–Trinajstić information content (AvgIpc) is 2.20. The highest BCUT2D eigenvalue weighted by atomic mass is 16.5. The van der Waals surface area contributed by atoms with E-state index in [1.54, 1.807) is 19.2 Å². The number of benzene rings is 1. The van der Waals surface area contributed by atoms with Gasteiger partial charge in [0.05, 0.1) is 20.6 Å². The molecule has 0 aromatic heterocycles. The molecular formula is C11H14O4. The lowest BCUT2D eigenvalue weighted by molar-refractivity contribution is -0.136. The van der Waals surface area contributed by atoms with E-state index >= 15 is 0 Å². The minimum absolute atomic E-state index is 0.00775. The highest BCUT2D eigenvalue weighted by Crippen LogP contribution is 2.32. The van der Waals surface area contributed by atoms with Gasteiger partial charge < -0.3 is 14.6 Å². The summed E-state index contributed by atoms with van der Waals surface area (Å²) >= 11 is 0. The molecule has 1 rings (SSSR count). The molecule has 0 saturated carbocycles. The van der Waals surface area contributed by atoms with Crippen molar-refractivity contribution in [1.82, 2.24) is 0 Å². The van der Waals surface area contributed by atoms with Crippen LogP contribution in [0.25, 0.3) is 0 Å². The second kappa shape index (κ2) is 4.68. The van der Waals surface area contributed by atoms with Crippen molar-refractivity contribution in [3.8, 4) is 11.5 Å². The number of carbonyl (C=O) groups is 1. The van der Waals surface area contributed by atoms with E-state index in [0.29, 0.717) is 11.5 Å². The molecule has 0 spiro atoms. The van der Waals surface area contributed by atoms with Gasteiger partial charge in [-0.25, -0.2) is 0 Å². The Bertz CT molecular complexity index is 371. The minimum atomic E-state index is -0.856. The van der Waals surface area contributed by atoms with Crippen LogP contribution in [-0.2, 0) is 11.2 Å². The van der Waals surface area contributed by atoms with E-state index in [0.717, 1.165) is 11.1 Å². The Morgan fingerprint density at radius 1 is 1.33 bits per heavy atom. The van der Waals surface area contributed by atoms with Gasteiger partial charge in [-0.15, -0.1) is 0 Å². The fourth-order valence-corrected chi connectivity index (χ4v) is 1.48. The predicted octanol–water partition coefficient (Wildman–Crippen LogP) is 1.64. The summed E-state index contributed by atoms with van der Waals surface area (Å²) in [5.41, 5.74) is 1.54. The standard InChI is InChI=1S/C11H14O4/c1-7-8(6-10(12)13)4-5-9(14-2)11(7)15-3/h4-5H,6H2,1-3H3,(H,12,13). The van der Waals surface area contributed by atoms with Gasteiger partial charge in [0.1, 0.15) is 0 Å². The van der Waals surface area contributed by atoms with Crippen LogP contribution >= 0.6 is 0 Å². The third-order valence-corrected chi connectivity index (χ3v) is 2.25. The van der Waals surface area contributed by atoms with E-state index in [1.807, 2.05) is 6.92 Å². The van der Waals surface area contributed by atoms with Crippen LogP contribution in [-0.4, -0.2) is 25.3 Å². The van der Waals surface area contributed by atoms with E-state index in [9.17, 15) is 4.79 Å². The molecule has 4 heteroatoms. The van der Waals surface area contributed by atoms with Gasteiger partial charge in [0, 0.05) is 0 Å². The van der Waals surface area contributed by atoms with Gasteiger partial charge in [-0.05, 0) is 24.1 Å². The molecule has 82 valence electrons. The van der Waals surface area contributed by atoms with Crippen LogP contribution in [0.5, 0.6) is 11.5 Å². The van der Waals surface area contributed by atoms with E-state index in [4.69, 9.17) is 14.6 Å². The molecule has 0 bridgehead atoms. The van der Waals surface area contributed by atoms with E-state index in [2.05, 4.69) is 0 Å². The van der Waals surface area contributed by atoms with Crippen LogP contribution in [0.1, 0.15) is 11.1 Å². The van der Waals surface area contributed by atoms with Crippen LogP contribution < -0.4 is 9.47 Å². The van der Waals surface area contributed by atoms with E-state index in [-0.39, 0.29) is 6.42 Å². The second-order valence-electron chi connectivity index (χ2n) is 3.16. The SMILES string of the molecule is COc1ccc(CC(=O)O)c(C)c1OC. The van der Waals surface area contributed by atoms with Gasteiger partial charge in [0.15, 0.2) is 11.5 Å². The van der Waals surface area contributed by atoms with Crippen LogP contribution in [0.15, 0.2) is 12.1 Å². The molecule has 4 nitrogen and oxygen atoms in total. The predicted molar refractivity (Wildman–Crippen MR) is 55.6 cm³/mol. The van der Waals surface area contributed by atoms with Crippen LogP contribution in [0.4, 0.5) is 0 Å². The zero-order valence-electron chi connectivity index (χ0n) is 9.03. The van der Waals surface area contributed by atoms with Crippen LogP contribution in [0, 0.1) is 6.92 Å². The van der Waals surface area contributed by atoms with Gasteiger partial charge in [-0.3, -0.25) is 4.79 Å². The Hall–Kier alpha value is -1.71. The lowest BCUT2D eigenvalue weighted by atomic mass is 10.0. The highest BCUT2D eigenvalue weighted by Gasteiger charge is 2.12. The first-order valence-corrected chi connectivity index (χ1v) is 4.52. The molecule has 0 aliphatic heterocycles. The number of carboxylic acid groups (broad SMARTS) is 1. The highest BCUT2D eigenvalue weighted by molar-refractivity contribution is 5.71. The average molecular weight is 210 g/mol. The molecule has 0 saturated heterocycles. The molecule has 0 radical (unpaired) electrons. The van der Waals surface area contributed by atoms with Crippen molar-refractivity contribution in [3.63, 3.8) is 0 Å². The molecule has 1 N–H and O–H groups in total. The smallest absolute Gasteiger partial charge is 0.307 e. The summed E-state index contributed by atoms with van der Waals surface area (Å²) in [6, 6.07) is 3.45. The zero-order chi connectivity index (χ0) is 11.4. The number of ether oxygens (including phenoxy) is 2. The summed E-state index contributed by atoms with van der Waals surface area (Å²) in [6.07, 6.45) is -0.00775. The van der Waals surface area contributed by atoms with Crippen molar-refractivity contribution in [2.45, 2.75) is 13.3 Å². The Morgan fingerprint density at radius 2 is 2.00 bits per heavy atom. The summed E-state index contributed by atoms with van der Waals surface area (Å²) in [5.74, 6) is 0.353. The molecule has 0 heterocycles. The van der Waals surface area contributed by atoms with Crippen LogP contribution in [0.3, 0.4) is 0 Å². The van der Waals surface area contributed by atoms with Crippen molar-refractivity contribution in [1.29, 1.82) is 0 Å². The van der Waals surface area contributed by atoms with Gasteiger partial charge >= 0.3 is 5.97 Å². The monoisotopic (exact) mass is 210 g/mol. The van der Waals surface area contributed by atoms with Crippen LogP contribution in [0.2, 0.25) is 0 Å². The van der Waals surface area contributed by atoms with E-state index in [1.165, 1.54) is 7.11 Å². The number of aliphatic carboxylic acids is 1. The third kappa shape index (κ3) is 2.40. The molecule has 0 unspecified atom stereocenters. The fraction of sp³-hybridized carbons (Fsp3) is 0.364. The first kappa shape index (κ1) is 11.4.